The Balaban J connectivity index is 2.30. The molecule has 1 heterocycles. The first-order valence-electron chi connectivity index (χ1n) is 6.44. The van der Waals surface area contributed by atoms with E-state index in [0.29, 0.717) is 10.6 Å². The van der Waals surface area contributed by atoms with Crippen LogP contribution in [0.2, 0.25) is 5.02 Å². The molecule has 1 aromatic carbocycles. The molecule has 0 radical (unpaired) electrons. The molecule has 5 nitrogen and oxygen atoms in total. The number of hydrogen-bond acceptors (Lipinski definition) is 4. The van der Waals surface area contributed by atoms with E-state index in [1.165, 1.54) is 38.1 Å². The minimum absolute atomic E-state index is 0.0706. The summed E-state index contributed by atoms with van der Waals surface area (Å²) < 4.78 is 52.3. The number of rotatable bonds is 4. The molecule has 11 heteroatoms. The molecular weight excluding hydrogens is 377 g/mol. The molecule has 1 amide bonds. The molecule has 0 saturated carbocycles. The lowest BCUT2D eigenvalue weighted by atomic mass is 10.2. The van der Waals surface area contributed by atoms with E-state index in [0.717, 1.165) is 5.01 Å². The zero-order valence-electron chi connectivity index (χ0n) is 12.3. The second kappa shape index (κ2) is 5.96. The Morgan fingerprint density at radius 3 is 2.29 bits per heavy atom. The van der Waals surface area contributed by atoms with Crippen molar-refractivity contribution in [3.8, 4) is 0 Å². The van der Waals surface area contributed by atoms with Crippen molar-refractivity contribution in [3.63, 3.8) is 0 Å². The predicted octanol–water partition coefficient (Wildman–Crippen LogP) is 3.57. The second-order valence-corrected chi connectivity index (χ2v) is 6.22. The van der Waals surface area contributed by atoms with Crippen LogP contribution in [0.25, 0.3) is 0 Å². The Hall–Kier alpha value is -1.74. The fourth-order valence-electron chi connectivity index (χ4n) is 1.76. The third-order valence-corrected chi connectivity index (χ3v) is 3.55. The summed E-state index contributed by atoms with van der Waals surface area (Å²) in [6.45, 7) is 2.77. The smallest absolute Gasteiger partial charge is 0.364 e. The van der Waals surface area contributed by atoms with E-state index in [2.05, 4.69) is 16.8 Å². The van der Waals surface area contributed by atoms with E-state index < -0.39 is 22.9 Å². The Bertz CT molecular complexity index is 675. The fourth-order valence-corrected chi connectivity index (χ4v) is 1.97. The lowest BCUT2D eigenvalue weighted by Crippen LogP contribution is -2.60. The fraction of sp³-hybridized carbons (Fsp3) is 0.385. The lowest BCUT2D eigenvalue weighted by molar-refractivity contribution is -0.189. The number of hydrogen-bond donors (Lipinski definition) is 1. The number of nitrogens with one attached hydrogen (secondary N) is 1. The van der Waals surface area contributed by atoms with Crippen molar-refractivity contribution in [2.24, 2.45) is 5.16 Å². The van der Waals surface area contributed by atoms with Gasteiger partial charge in [-0.3, -0.25) is 10.2 Å². The van der Waals surface area contributed by atoms with Crippen LogP contribution in [0, 0.1) is 0 Å². The molecule has 0 fully saturated rings. The van der Waals surface area contributed by atoms with Crippen LogP contribution in [0.15, 0.2) is 29.4 Å². The van der Waals surface area contributed by atoms with Gasteiger partial charge in [0.1, 0.15) is 0 Å². The molecule has 0 aromatic heterocycles. The average molecular weight is 388 g/mol. The number of oxime groups is 1. The minimum atomic E-state index is -5.14. The number of nitrogens with zero attached hydrogens (tertiary/aromatic N) is 2. The molecule has 0 atom stereocenters. The maximum absolute atomic E-state index is 13.4. The van der Waals surface area contributed by atoms with Gasteiger partial charge in [-0.05, 0) is 49.7 Å². The van der Waals surface area contributed by atoms with E-state index in [9.17, 15) is 22.4 Å². The standard InChI is InChI=1S/C13H11Cl2F4N3O2/c1-11(2)22(20-10(23)12(16,17)13(15,18)19)9(21-24-11)7-3-5-8(14)6-4-7/h3-6H,1-2H3,(H,20,23). The summed E-state index contributed by atoms with van der Waals surface area (Å²) in [6.07, 6.45) is 0. The van der Waals surface area contributed by atoms with Crippen LogP contribution in [0.3, 0.4) is 0 Å². The van der Waals surface area contributed by atoms with Crippen LogP contribution < -0.4 is 5.43 Å². The maximum atomic E-state index is 13.4. The monoisotopic (exact) mass is 387 g/mol. The van der Waals surface area contributed by atoms with Crippen LogP contribution in [-0.2, 0) is 9.63 Å². The Kier molecular flexibility index (Phi) is 4.62. The minimum Gasteiger partial charge on any atom is -0.364 e. The molecule has 132 valence electrons. The number of alkyl halides is 5. The van der Waals surface area contributed by atoms with Crippen LogP contribution >= 0.6 is 23.2 Å². The van der Waals surface area contributed by atoms with Crippen molar-refractivity contribution < 1.29 is 27.2 Å². The van der Waals surface area contributed by atoms with Crippen molar-refractivity contribution in [2.75, 3.05) is 0 Å². The molecular formula is C13H11Cl2F4N3O2. The van der Waals surface area contributed by atoms with Gasteiger partial charge in [0.2, 0.25) is 5.72 Å². The largest absolute Gasteiger partial charge is 0.402 e. The lowest BCUT2D eigenvalue weighted by Gasteiger charge is -2.32. The maximum Gasteiger partial charge on any atom is 0.402 e. The van der Waals surface area contributed by atoms with Gasteiger partial charge < -0.3 is 4.84 Å². The predicted molar refractivity (Wildman–Crippen MR) is 78.9 cm³/mol. The van der Waals surface area contributed by atoms with Gasteiger partial charge in [0.15, 0.2) is 5.84 Å². The number of benzene rings is 1. The Labute approximate surface area is 144 Å². The van der Waals surface area contributed by atoms with Crippen LogP contribution in [0.1, 0.15) is 19.4 Å². The summed E-state index contributed by atoms with van der Waals surface area (Å²) >= 11 is 10.1. The van der Waals surface area contributed by atoms with Gasteiger partial charge in [-0.1, -0.05) is 16.8 Å². The Morgan fingerprint density at radius 1 is 1.25 bits per heavy atom. The summed E-state index contributed by atoms with van der Waals surface area (Å²) in [6, 6.07) is 5.96. The number of carbonyl (C=O) groups excluding carboxylic acids is 1. The highest BCUT2D eigenvalue weighted by molar-refractivity contribution is 6.30. The van der Waals surface area contributed by atoms with E-state index in [4.69, 9.17) is 16.4 Å². The first kappa shape index (κ1) is 18.6. The highest BCUT2D eigenvalue weighted by Gasteiger charge is 2.62. The first-order chi connectivity index (χ1) is 10.9. The van der Waals surface area contributed by atoms with Crippen molar-refractivity contribution in [3.05, 3.63) is 34.9 Å². The summed E-state index contributed by atoms with van der Waals surface area (Å²) in [7, 11) is 0. The number of halogens is 6. The molecule has 24 heavy (non-hydrogen) atoms. The van der Waals surface area contributed by atoms with Crippen molar-refractivity contribution >= 4 is 34.9 Å². The van der Waals surface area contributed by atoms with E-state index in [1.807, 2.05) is 0 Å². The highest BCUT2D eigenvalue weighted by Crippen LogP contribution is 2.38. The normalized spacial score (nSPS) is 17.3. The molecule has 2 rings (SSSR count). The van der Waals surface area contributed by atoms with E-state index in [-0.39, 0.29) is 5.84 Å². The molecule has 0 aliphatic carbocycles. The summed E-state index contributed by atoms with van der Waals surface area (Å²) in [5.41, 5.74) is 0.623. The molecule has 0 bridgehead atoms. The number of hydrazine groups is 1. The Morgan fingerprint density at radius 2 is 1.79 bits per heavy atom. The zero-order valence-corrected chi connectivity index (χ0v) is 13.8. The molecule has 0 saturated heterocycles. The summed E-state index contributed by atoms with van der Waals surface area (Å²) in [5.74, 6) is -7.51. The molecule has 1 aromatic rings. The number of amides is 1. The SMILES string of the molecule is CC1(C)ON=C(c2ccc(Cl)cc2)N1NC(=O)C(F)(F)C(F)(F)Cl. The molecule has 1 aliphatic rings. The van der Waals surface area contributed by atoms with E-state index >= 15 is 0 Å². The second-order valence-electron chi connectivity index (χ2n) is 5.31. The number of amidine groups is 1. The average Bonchev–Trinajstić information content (AvgIpc) is 2.74. The third-order valence-electron chi connectivity index (χ3n) is 3.06. The van der Waals surface area contributed by atoms with E-state index in [1.54, 1.807) is 5.43 Å². The van der Waals surface area contributed by atoms with Gasteiger partial charge in [-0.2, -0.15) is 17.6 Å². The summed E-state index contributed by atoms with van der Waals surface area (Å²) in [5, 5.41) is -0.165. The molecule has 1 N–H and O–H groups in total. The van der Waals surface area contributed by atoms with Crippen molar-refractivity contribution in [1.82, 2.24) is 10.4 Å². The van der Waals surface area contributed by atoms with Crippen LogP contribution in [0.5, 0.6) is 0 Å². The molecule has 1 aliphatic heterocycles. The van der Waals surface area contributed by atoms with Crippen molar-refractivity contribution in [2.45, 2.75) is 30.9 Å². The van der Waals surface area contributed by atoms with Gasteiger partial charge in [-0.15, -0.1) is 0 Å². The van der Waals surface area contributed by atoms with Crippen LogP contribution in [0.4, 0.5) is 17.6 Å². The third kappa shape index (κ3) is 3.36. The topological polar surface area (TPSA) is 53.9 Å². The van der Waals surface area contributed by atoms with Gasteiger partial charge in [0, 0.05) is 10.6 Å². The zero-order chi connectivity index (χ0) is 18.3. The highest BCUT2D eigenvalue weighted by atomic mass is 35.5. The van der Waals surface area contributed by atoms with Gasteiger partial charge in [0.25, 0.3) is 0 Å². The van der Waals surface area contributed by atoms with Crippen molar-refractivity contribution in [1.29, 1.82) is 0 Å². The van der Waals surface area contributed by atoms with Gasteiger partial charge in [0.05, 0.1) is 0 Å². The summed E-state index contributed by atoms with van der Waals surface area (Å²) in [4.78, 5) is 16.6. The first-order valence-corrected chi connectivity index (χ1v) is 7.20. The molecule has 0 unspecified atom stereocenters. The van der Waals surface area contributed by atoms with Gasteiger partial charge in [-0.25, -0.2) is 5.01 Å². The number of carbonyl (C=O) groups is 1. The van der Waals surface area contributed by atoms with Crippen LogP contribution in [-0.4, -0.2) is 33.8 Å². The quantitative estimate of drug-likeness (QED) is 0.634. The molecule has 0 spiro atoms. The van der Waals surface area contributed by atoms with Gasteiger partial charge >= 0.3 is 17.2 Å².